The van der Waals surface area contributed by atoms with E-state index in [0.29, 0.717) is 0 Å². The van der Waals surface area contributed by atoms with Crippen molar-refractivity contribution in [3.05, 3.63) is 24.5 Å². The van der Waals surface area contributed by atoms with Gasteiger partial charge >= 0.3 is 0 Å². The molecule has 0 saturated heterocycles. The second-order valence-electron chi connectivity index (χ2n) is 2.43. The zero-order valence-electron chi connectivity index (χ0n) is 6.48. The van der Waals surface area contributed by atoms with Crippen LogP contribution in [0.15, 0.2) is 28.7 Å². The van der Waals surface area contributed by atoms with Crippen LogP contribution in [-0.2, 0) is 10.8 Å². The third kappa shape index (κ3) is 1.28. The summed E-state index contributed by atoms with van der Waals surface area (Å²) in [5.41, 5.74) is 0. The first-order valence-electron chi connectivity index (χ1n) is 3.44. The largest absolute Gasteiger partial charge is 0.264 e. The summed E-state index contributed by atoms with van der Waals surface area (Å²) in [6, 6.07) is 3.87. The van der Waals surface area contributed by atoms with Gasteiger partial charge in [-0.1, -0.05) is 0 Å². The molecule has 0 aliphatic carbocycles. The summed E-state index contributed by atoms with van der Waals surface area (Å²) < 4.78 is 13.2. The van der Waals surface area contributed by atoms with Gasteiger partial charge < -0.3 is 0 Å². The Bertz CT molecular complexity index is 402. The second kappa shape index (κ2) is 2.95. The summed E-state index contributed by atoms with van der Waals surface area (Å²) in [6.45, 7) is 0. The molecule has 1 atom stereocenters. The van der Waals surface area contributed by atoms with E-state index in [1.165, 1.54) is 0 Å². The summed E-state index contributed by atoms with van der Waals surface area (Å²) in [6.07, 6.45) is 5.24. The Hall–Kier alpha value is -0.740. The van der Waals surface area contributed by atoms with Crippen LogP contribution in [0.3, 0.4) is 0 Å². The van der Waals surface area contributed by atoms with E-state index in [4.69, 9.17) is 0 Å². The van der Waals surface area contributed by atoms with E-state index in [1.807, 2.05) is 12.1 Å². The van der Waals surface area contributed by atoms with Crippen LogP contribution in [0.25, 0.3) is 10.1 Å². The minimum absolute atomic E-state index is 0.871. The van der Waals surface area contributed by atoms with Crippen molar-refractivity contribution >= 4 is 32.2 Å². The maximum Gasteiger partial charge on any atom is 0.0920 e. The van der Waals surface area contributed by atoms with Crippen molar-refractivity contribution in [1.82, 2.24) is 4.98 Å². The van der Waals surface area contributed by atoms with Gasteiger partial charge in [0.25, 0.3) is 0 Å². The maximum absolute atomic E-state index is 11.1. The van der Waals surface area contributed by atoms with Crippen molar-refractivity contribution in [2.24, 2.45) is 0 Å². The molecule has 4 heteroatoms. The predicted octanol–water partition coefficient (Wildman–Crippen LogP) is 2.03. The van der Waals surface area contributed by atoms with Gasteiger partial charge in [-0.25, -0.2) is 0 Å². The van der Waals surface area contributed by atoms with Crippen molar-refractivity contribution in [1.29, 1.82) is 0 Å². The molecule has 62 valence electrons. The molecule has 0 N–H and O–H groups in total. The monoisotopic (exact) mass is 197 g/mol. The van der Waals surface area contributed by atoms with Gasteiger partial charge in [-0.3, -0.25) is 9.19 Å². The van der Waals surface area contributed by atoms with E-state index in [0.717, 1.165) is 14.3 Å². The molecule has 0 amide bonds. The Labute approximate surface area is 76.7 Å². The van der Waals surface area contributed by atoms with E-state index >= 15 is 0 Å². The maximum atomic E-state index is 11.1. The van der Waals surface area contributed by atoms with Crippen LogP contribution in [-0.4, -0.2) is 15.4 Å². The Morgan fingerprint density at radius 3 is 3.08 bits per heavy atom. The Kier molecular flexibility index (Phi) is 1.94. The topological polar surface area (TPSA) is 30.0 Å². The lowest BCUT2D eigenvalue weighted by Gasteiger charge is -1.82. The van der Waals surface area contributed by atoms with Crippen LogP contribution < -0.4 is 0 Å². The first-order chi connectivity index (χ1) is 5.77. The number of fused-ring (bicyclic) bond motifs is 1. The summed E-state index contributed by atoms with van der Waals surface area (Å²) >= 11 is 1.57. The molecule has 0 radical (unpaired) electrons. The fourth-order valence-electron chi connectivity index (χ4n) is 1.00. The number of thiophene rings is 1. The quantitative estimate of drug-likeness (QED) is 0.700. The van der Waals surface area contributed by atoms with E-state index in [-0.39, 0.29) is 0 Å². The van der Waals surface area contributed by atoms with Gasteiger partial charge in [0, 0.05) is 28.7 Å². The van der Waals surface area contributed by atoms with Gasteiger partial charge in [0.2, 0.25) is 0 Å². The number of hydrogen-bond donors (Lipinski definition) is 0. The molecular formula is C8H7NOS2. The van der Waals surface area contributed by atoms with Gasteiger partial charge in [0.1, 0.15) is 0 Å². The minimum atomic E-state index is -0.871. The van der Waals surface area contributed by atoms with Crippen molar-refractivity contribution in [3.8, 4) is 0 Å². The lowest BCUT2D eigenvalue weighted by atomic mass is 10.4. The van der Waals surface area contributed by atoms with Gasteiger partial charge in [-0.2, -0.15) is 0 Å². The summed E-state index contributed by atoms with van der Waals surface area (Å²) in [5.74, 6) is 0. The molecule has 0 aromatic carbocycles. The van der Waals surface area contributed by atoms with Crippen molar-refractivity contribution in [2.45, 2.75) is 4.21 Å². The van der Waals surface area contributed by atoms with Crippen molar-refractivity contribution in [2.75, 3.05) is 6.26 Å². The van der Waals surface area contributed by atoms with Crippen LogP contribution in [0.2, 0.25) is 0 Å². The fraction of sp³-hybridized carbons (Fsp3) is 0.125. The van der Waals surface area contributed by atoms with Gasteiger partial charge in [-0.05, 0) is 12.1 Å². The Morgan fingerprint density at radius 1 is 1.58 bits per heavy atom. The van der Waals surface area contributed by atoms with Crippen LogP contribution >= 0.6 is 11.3 Å². The summed E-state index contributed by atoms with van der Waals surface area (Å²) in [4.78, 5) is 3.99. The minimum Gasteiger partial charge on any atom is -0.264 e. The molecule has 0 saturated carbocycles. The number of nitrogens with zero attached hydrogens (tertiary/aromatic N) is 1. The number of rotatable bonds is 1. The standard InChI is InChI=1S/C8H7NOS2/c1-12(10)8-4-6-5-9-3-2-7(6)11-8/h2-5H,1H3. The molecule has 0 spiro atoms. The zero-order valence-corrected chi connectivity index (χ0v) is 8.11. The highest BCUT2D eigenvalue weighted by Gasteiger charge is 2.03. The third-order valence-electron chi connectivity index (χ3n) is 1.58. The first-order valence-corrected chi connectivity index (χ1v) is 5.82. The first kappa shape index (κ1) is 7.89. The zero-order chi connectivity index (χ0) is 8.55. The molecule has 0 aliphatic heterocycles. The number of pyridine rings is 1. The molecule has 12 heavy (non-hydrogen) atoms. The molecule has 2 aromatic rings. The van der Waals surface area contributed by atoms with Gasteiger partial charge in [-0.15, -0.1) is 11.3 Å². The Balaban J connectivity index is 2.70. The highest BCUT2D eigenvalue weighted by molar-refractivity contribution is 7.86. The number of hydrogen-bond acceptors (Lipinski definition) is 3. The molecular weight excluding hydrogens is 190 g/mol. The van der Waals surface area contributed by atoms with Crippen LogP contribution in [0.5, 0.6) is 0 Å². The van der Waals surface area contributed by atoms with E-state index in [9.17, 15) is 4.21 Å². The van der Waals surface area contributed by atoms with E-state index in [1.54, 1.807) is 30.0 Å². The SMILES string of the molecule is CS(=O)c1cc2cnccc2s1. The van der Waals surface area contributed by atoms with Gasteiger partial charge in [0.05, 0.1) is 15.0 Å². The van der Waals surface area contributed by atoms with Crippen LogP contribution in [0.1, 0.15) is 0 Å². The fourth-order valence-corrected chi connectivity index (χ4v) is 2.79. The highest BCUT2D eigenvalue weighted by atomic mass is 32.2. The molecule has 2 heterocycles. The second-order valence-corrected chi connectivity index (χ2v) is 5.12. The lowest BCUT2D eigenvalue weighted by Crippen LogP contribution is -1.78. The molecule has 2 aromatic heterocycles. The van der Waals surface area contributed by atoms with Gasteiger partial charge in [0.15, 0.2) is 0 Å². The molecule has 0 aliphatic rings. The normalized spacial score (nSPS) is 13.4. The number of aromatic nitrogens is 1. The molecule has 1 unspecified atom stereocenters. The van der Waals surface area contributed by atoms with Crippen molar-refractivity contribution < 1.29 is 4.21 Å². The summed E-state index contributed by atoms with van der Waals surface area (Å²) in [5, 5.41) is 1.08. The highest BCUT2D eigenvalue weighted by Crippen LogP contribution is 2.26. The smallest absolute Gasteiger partial charge is 0.0920 e. The molecule has 0 fully saturated rings. The Morgan fingerprint density at radius 2 is 2.42 bits per heavy atom. The van der Waals surface area contributed by atoms with Crippen molar-refractivity contribution in [3.63, 3.8) is 0 Å². The van der Waals surface area contributed by atoms with Crippen LogP contribution in [0.4, 0.5) is 0 Å². The average Bonchev–Trinajstić information content (AvgIpc) is 2.46. The lowest BCUT2D eigenvalue weighted by molar-refractivity contribution is 0.688. The third-order valence-corrected chi connectivity index (χ3v) is 4.13. The molecule has 0 bridgehead atoms. The average molecular weight is 197 g/mol. The predicted molar refractivity (Wildman–Crippen MR) is 52.0 cm³/mol. The van der Waals surface area contributed by atoms with E-state index < -0.39 is 10.8 Å². The van der Waals surface area contributed by atoms with E-state index in [2.05, 4.69) is 4.98 Å². The molecule has 2 nitrogen and oxygen atoms in total. The molecule has 2 rings (SSSR count). The van der Waals surface area contributed by atoms with Crippen LogP contribution in [0, 0.1) is 0 Å². The summed E-state index contributed by atoms with van der Waals surface area (Å²) in [7, 11) is -0.871.